The van der Waals surface area contributed by atoms with E-state index in [4.69, 9.17) is 4.74 Å². The Morgan fingerprint density at radius 2 is 2.00 bits per heavy atom. The standard InChI is InChI=1S/C19H27N3O2S/c1-3-24-16-8-6-15(7-9-16)19-21-14(2)17(25-19)18(23)20-10-13-22-11-4-5-12-22/h6-9,18,20,23H,3-5,10-13H2,1-2H3. The van der Waals surface area contributed by atoms with Gasteiger partial charge < -0.3 is 14.7 Å². The smallest absolute Gasteiger partial charge is 0.142 e. The molecular formula is C19H27N3O2S. The van der Waals surface area contributed by atoms with Crippen LogP contribution in [0.5, 0.6) is 5.75 Å². The van der Waals surface area contributed by atoms with Crippen molar-refractivity contribution in [1.29, 1.82) is 0 Å². The van der Waals surface area contributed by atoms with Crippen LogP contribution >= 0.6 is 11.3 Å². The lowest BCUT2D eigenvalue weighted by Gasteiger charge is -2.17. The summed E-state index contributed by atoms with van der Waals surface area (Å²) in [7, 11) is 0. The molecule has 3 rings (SSSR count). The van der Waals surface area contributed by atoms with E-state index < -0.39 is 6.23 Å². The summed E-state index contributed by atoms with van der Waals surface area (Å²) >= 11 is 1.54. The van der Waals surface area contributed by atoms with Gasteiger partial charge in [-0.05, 0) is 64.0 Å². The van der Waals surface area contributed by atoms with Crippen molar-refractivity contribution in [1.82, 2.24) is 15.2 Å². The maximum Gasteiger partial charge on any atom is 0.142 e. The Hall–Kier alpha value is -1.47. The number of ether oxygens (including phenoxy) is 1. The highest BCUT2D eigenvalue weighted by atomic mass is 32.1. The Labute approximate surface area is 153 Å². The van der Waals surface area contributed by atoms with Crippen molar-refractivity contribution in [2.45, 2.75) is 32.9 Å². The third kappa shape index (κ3) is 4.79. The number of thiazole rings is 1. The van der Waals surface area contributed by atoms with Crippen LogP contribution in [0.2, 0.25) is 0 Å². The molecule has 1 aromatic heterocycles. The van der Waals surface area contributed by atoms with Crippen LogP contribution in [0.3, 0.4) is 0 Å². The molecule has 1 unspecified atom stereocenters. The van der Waals surface area contributed by atoms with E-state index >= 15 is 0 Å². The molecule has 6 heteroatoms. The highest BCUT2D eigenvalue weighted by molar-refractivity contribution is 7.15. The van der Waals surface area contributed by atoms with Gasteiger partial charge in [0.15, 0.2) is 0 Å². The maximum absolute atomic E-state index is 10.5. The molecule has 136 valence electrons. The average Bonchev–Trinajstić information content (AvgIpc) is 3.25. The molecule has 2 N–H and O–H groups in total. The topological polar surface area (TPSA) is 57.6 Å². The number of nitrogens with one attached hydrogen (secondary N) is 1. The van der Waals surface area contributed by atoms with Gasteiger partial charge in [0.25, 0.3) is 0 Å². The Morgan fingerprint density at radius 1 is 1.28 bits per heavy atom. The molecule has 1 aromatic carbocycles. The van der Waals surface area contributed by atoms with Gasteiger partial charge in [0.05, 0.1) is 17.2 Å². The zero-order valence-electron chi connectivity index (χ0n) is 15.0. The van der Waals surface area contributed by atoms with Gasteiger partial charge in [0.1, 0.15) is 17.0 Å². The van der Waals surface area contributed by atoms with Crippen molar-refractivity contribution < 1.29 is 9.84 Å². The molecule has 1 aliphatic rings. The highest BCUT2D eigenvalue weighted by Gasteiger charge is 2.17. The fourth-order valence-corrected chi connectivity index (χ4v) is 4.14. The number of rotatable bonds is 8. The van der Waals surface area contributed by atoms with Crippen LogP contribution in [-0.4, -0.2) is 47.8 Å². The third-order valence-electron chi connectivity index (χ3n) is 4.46. The number of benzene rings is 1. The lowest BCUT2D eigenvalue weighted by atomic mass is 10.2. The Bertz CT molecular complexity index is 666. The molecule has 0 saturated carbocycles. The van der Waals surface area contributed by atoms with Gasteiger partial charge in [-0.15, -0.1) is 11.3 Å². The zero-order chi connectivity index (χ0) is 17.6. The molecule has 1 saturated heterocycles. The molecule has 0 bridgehead atoms. The van der Waals surface area contributed by atoms with E-state index in [2.05, 4.69) is 15.2 Å². The van der Waals surface area contributed by atoms with E-state index in [9.17, 15) is 5.11 Å². The Morgan fingerprint density at radius 3 is 2.68 bits per heavy atom. The van der Waals surface area contributed by atoms with E-state index in [0.29, 0.717) is 6.61 Å². The van der Waals surface area contributed by atoms with Crippen molar-refractivity contribution in [3.05, 3.63) is 34.8 Å². The van der Waals surface area contributed by atoms with Crippen LogP contribution < -0.4 is 10.1 Å². The van der Waals surface area contributed by atoms with E-state index in [-0.39, 0.29) is 0 Å². The van der Waals surface area contributed by atoms with Gasteiger partial charge in [0.2, 0.25) is 0 Å². The summed E-state index contributed by atoms with van der Waals surface area (Å²) in [6.07, 6.45) is 1.93. The van der Waals surface area contributed by atoms with Crippen molar-refractivity contribution >= 4 is 11.3 Å². The third-order valence-corrected chi connectivity index (χ3v) is 5.72. The van der Waals surface area contributed by atoms with Crippen molar-refractivity contribution in [3.8, 4) is 16.3 Å². The number of aliphatic hydroxyl groups is 1. The van der Waals surface area contributed by atoms with Crippen molar-refractivity contribution in [3.63, 3.8) is 0 Å². The largest absolute Gasteiger partial charge is 0.494 e. The second-order valence-corrected chi connectivity index (χ2v) is 7.36. The number of aliphatic hydroxyl groups excluding tert-OH is 1. The summed E-state index contributed by atoms with van der Waals surface area (Å²) in [5, 5.41) is 14.6. The zero-order valence-corrected chi connectivity index (χ0v) is 15.8. The van der Waals surface area contributed by atoms with Gasteiger partial charge in [-0.3, -0.25) is 5.32 Å². The number of aromatic nitrogens is 1. The molecule has 1 fully saturated rings. The Kier molecular flexibility index (Phi) is 6.42. The molecule has 2 aromatic rings. The molecule has 0 radical (unpaired) electrons. The van der Waals surface area contributed by atoms with Gasteiger partial charge in [-0.2, -0.15) is 0 Å². The van der Waals surface area contributed by atoms with Crippen LogP contribution in [-0.2, 0) is 0 Å². The minimum absolute atomic E-state index is 0.656. The highest BCUT2D eigenvalue weighted by Crippen LogP contribution is 2.31. The summed E-state index contributed by atoms with van der Waals surface area (Å²) in [5.41, 5.74) is 1.93. The normalized spacial score (nSPS) is 16.3. The molecular weight excluding hydrogens is 334 g/mol. The second kappa shape index (κ2) is 8.76. The van der Waals surface area contributed by atoms with Crippen LogP contribution in [0.4, 0.5) is 0 Å². The molecule has 0 aliphatic carbocycles. The predicted molar refractivity (Wildman–Crippen MR) is 102 cm³/mol. The Balaban J connectivity index is 1.60. The summed E-state index contributed by atoms with van der Waals surface area (Å²) < 4.78 is 5.48. The minimum Gasteiger partial charge on any atom is -0.494 e. The second-order valence-electron chi connectivity index (χ2n) is 6.33. The fraction of sp³-hybridized carbons (Fsp3) is 0.526. The van der Waals surface area contributed by atoms with Gasteiger partial charge in [-0.1, -0.05) is 0 Å². The summed E-state index contributed by atoms with van der Waals surface area (Å²) in [4.78, 5) is 7.96. The van der Waals surface area contributed by atoms with Crippen molar-refractivity contribution in [2.75, 3.05) is 32.8 Å². The van der Waals surface area contributed by atoms with Crippen molar-refractivity contribution in [2.24, 2.45) is 0 Å². The van der Waals surface area contributed by atoms with E-state index in [1.807, 2.05) is 38.1 Å². The first kappa shape index (κ1) is 18.3. The summed E-state index contributed by atoms with van der Waals surface area (Å²) in [5.74, 6) is 0.864. The predicted octanol–water partition coefficient (Wildman–Crippen LogP) is 3.19. The van der Waals surface area contributed by atoms with E-state index in [1.165, 1.54) is 25.9 Å². The first-order valence-electron chi connectivity index (χ1n) is 9.01. The SMILES string of the molecule is CCOc1ccc(-c2nc(C)c(C(O)NCCN3CCCC3)s2)cc1. The lowest BCUT2D eigenvalue weighted by molar-refractivity contribution is 0.137. The molecule has 1 atom stereocenters. The quantitative estimate of drug-likeness (QED) is 0.707. The van der Waals surface area contributed by atoms with Crippen LogP contribution in [0.25, 0.3) is 10.6 Å². The maximum atomic E-state index is 10.5. The van der Waals surface area contributed by atoms with Crippen LogP contribution in [0, 0.1) is 6.92 Å². The first-order valence-corrected chi connectivity index (χ1v) is 9.83. The van der Waals surface area contributed by atoms with E-state index in [0.717, 1.165) is 40.0 Å². The minimum atomic E-state index is -0.656. The van der Waals surface area contributed by atoms with Crippen LogP contribution in [0.15, 0.2) is 24.3 Å². The molecule has 0 amide bonds. The van der Waals surface area contributed by atoms with Crippen LogP contribution in [0.1, 0.15) is 36.6 Å². The summed E-state index contributed by atoms with van der Waals surface area (Å²) in [6.45, 7) is 8.73. The molecule has 25 heavy (non-hydrogen) atoms. The number of aryl methyl sites for hydroxylation is 1. The first-order chi connectivity index (χ1) is 12.2. The summed E-state index contributed by atoms with van der Waals surface area (Å²) in [6, 6.07) is 7.94. The number of likely N-dealkylation sites (tertiary alicyclic amines) is 1. The van der Waals surface area contributed by atoms with Gasteiger partial charge >= 0.3 is 0 Å². The number of hydrogen-bond acceptors (Lipinski definition) is 6. The monoisotopic (exact) mass is 361 g/mol. The molecule has 5 nitrogen and oxygen atoms in total. The number of hydrogen-bond donors (Lipinski definition) is 2. The molecule has 1 aliphatic heterocycles. The van der Waals surface area contributed by atoms with Gasteiger partial charge in [-0.25, -0.2) is 4.98 Å². The fourth-order valence-electron chi connectivity index (χ4n) is 3.10. The van der Waals surface area contributed by atoms with E-state index in [1.54, 1.807) is 11.3 Å². The number of nitrogens with zero attached hydrogens (tertiary/aromatic N) is 2. The van der Waals surface area contributed by atoms with Gasteiger partial charge in [0, 0.05) is 18.7 Å². The average molecular weight is 362 g/mol. The lowest BCUT2D eigenvalue weighted by Crippen LogP contribution is -2.32. The molecule has 0 spiro atoms. The molecule has 2 heterocycles.